The van der Waals surface area contributed by atoms with E-state index in [1.807, 2.05) is 0 Å². The first kappa shape index (κ1) is 14.7. The molecule has 0 saturated heterocycles. The summed E-state index contributed by atoms with van der Waals surface area (Å²) in [6, 6.07) is 1.43. The molecule has 0 aromatic rings. The highest BCUT2D eigenvalue weighted by molar-refractivity contribution is 7.80. The monoisotopic (exact) mass is 270 g/mol. The molecule has 106 valence electrons. The Labute approximate surface area is 118 Å². The van der Waals surface area contributed by atoms with E-state index >= 15 is 0 Å². The Morgan fingerprint density at radius 3 is 2.39 bits per heavy atom. The summed E-state index contributed by atoms with van der Waals surface area (Å²) in [6.45, 7) is 5.72. The third kappa shape index (κ3) is 3.43. The van der Waals surface area contributed by atoms with Crippen LogP contribution >= 0.6 is 12.6 Å². The minimum absolute atomic E-state index is 0.640. The molecule has 2 nitrogen and oxygen atoms in total. The molecule has 0 heterocycles. The van der Waals surface area contributed by atoms with Gasteiger partial charge in [-0.1, -0.05) is 13.8 Å². The predicted octanol–water partition coefficient (Wildman–Crippen LogP) is 3.14. The van der Waals surface area contributed by atoms with Crippen molar-refractivity contribution in [1.29, 1.82) is 0 Å². The Hall–Kier alpha value is 0.270. The van der Waals surface area contributed by atoms with E-state index < -0.39 is 0 Å². The molecule has 2 rings (SSSR count). The minimum Gasteiger partial charge on any atom is -0.314 e. The minimum atomic E-state index is 0.640. The highest BCUT2D eigenvalue weighted by Gasteiger charge is 2.45. The van der Waals surface area contributed by atoms with E-state index in [4.69, 9.17) is 0 Å². The van der Waals surface area contributed by atoms with Gasteiger partial charge in [-0.25, -0.2) is 0 Å². The van der Waals surface area contributed by atoms with Gasteiger partial charge in [0.2, 0.25) is 0 Å². The van der Waals surface area contributed by atoms with Gasteiger partial charge in [0.25, 0.3) is 0 Å². The fourth-order valence-electron chi connectivity index (χ4n) is 3.89. The van der Waals surface area contributed by atoms with Gasteiger partial charge >= 0.3 is 0 Å². The molecule has 2 aliphatic carbocycles. The maximum absolute atomic E-state index is 4.38. The van der Waals surface area contributed by atoms with Crippen molar-refractivity contribution in [1.82, 2.24) is 10.2 Å². The van der Waals surface area contributed by atoms with Gasteiger partial charge in [0.05, 0.1) is 0 Å². The number of hydrogen-bond acceptors (Lipinski definition) is 3. The first-order chi connectivity index (χ1) is 8.54. The lowest BCUT2D eigenvalue weighted by Gasteiger charge is -2.53. The van der Waals surface area contributed by atoms with Crippen molar-refractivity contribution < 1.29 is 0 Å². The summed E-state index contributed by atoms with van der Waals surface area (Å²) in [7, 11) is 2.21. The predicted molar refractivity (Wildman–Crippen MR) is 82.2 cm³/mol. The number of nitrogens with zero attached hydrogens (tertiary/aromatic N) is 1. The van der Waals surface area contributed by atoms with Crippen molar-refractivity contribution in [3.63, 3.8) is 0 Å². The zero-order chi connectivity index (χ0) is 13.2. The molecule has 0 unspecified atom stereocenters. The normalized spacial score (nSPS) is 36.3. The van der Waals surface area contributed by atoms with Crippen molar-refractivity contribution in [2.24, 2.45) is 11.3 Å². The lowest BCUT2D eigenvalue weighted by atomic mass is 9.55. The Balaban J connectivity index is 1.68. The summed E-state index contributed by atoms with van der Waals surface area (Å²) in [5, 5.41) is 3.59. The fraction of sp³-hybridized carbons (Fsp3) is 1.00. The number of nitrogens with one attached hydrogen (secondary N) is 1. The van der Waals surface area contributed by atoms with Crippen LogP contribution in [-0.4, -0.2) is 36.5 Å². The maximum Gasteiger partial charge on any atom is 0.0414 e. The van der Waals surface area contributed by atoms with Crippen LogP contribution in [0.15, 0.2) is 0 Å². The van der Waals surface area contributed by atoms with Crippen molar-refractivity contribution in [3.8, 4) is 0 Å². The summed E-state index contributed by atoms with van der Waals surface area (Å²) in [5.41, 5.74) is 0.733. The summed E-state index contributed by atoms with van der Waals surface area (Å²) >= 11 is 4.38. The van der Waals surface area contributed by atoms with E-state index in [0.29, 0.717) is 6.04 Å². The SMILES string of the molecule is CC(C)NC[C@H]1CC2(CC[C@H](N(C)CS)CC2)C1. The van der Waals surface area contributed by atoms with Crippen molar-refractivity contribution >= 4 is 12.6 Å². The van der Waals surface area contributed by atoms with E-state index in [1.54, 1.807) is 0 Å². The van der Waals surface area contributed by atoms with Gasteiger partial charge in [0, 0.05) is 18.0 Å². The van der Waals surface area contributed by atoms with Gasteiger partial charge in [0.15, 0.2) is 0 Å². The molecule has 0 aromatic carbocycles. The van der Waals surface area contributed by atoms with E-state index in [2.05, 4.69) is 43.7 Å². The lowest BCUT2D eigenvalue weighted by Crippen LogP contribution is -2.47. The van der Waals surface area contributed by atoms with Gasteiger partial charge < -0.3 is 5.32 Å². The molecule has 0 bridgehead atoms. The van der Waals surface area contributed by atoms with E-state index in [-0.39, 0.29) is 0 Å². The zero-order valence-corrected chi connectivity index (χ0v) is 13.2. The summed E-state index contributed by atoms with van der Waals surface area (Å²) in [5.74, 6) is 1.85. The Morgan fingerprint density at radius 1 is 1.28 bits per heavy atom. The molecule has 2 fully saturated rings. The van der Waals surface area contributed by atoms with Crippen LogP contribution in [0.4, 0.5) is 0 Å². The second-order valence-corrected chi connectivity index (χ2v) is 7.25. The largest absolute Gasteiger partial charge is 0.314 e. The van der Waals surface area contributed by atoms with Crippen LogP contribution in [0, 0.1) is 11.3 Å². The molecule has 0 amide bonds. The molecule has 0 aliphatic heterocycles. The van der Waals surface area contributed by atoms with E-state index in [0.717, 1.165) is 23.3 Å². The molecule has 2 saturated carbocycles. The summed E-state index contributed by atoms with van der Waals surface area (Å²) in [4.78, 5) is 2.41. The summed E-state index contributed by atoms with van der Waals surface area (Å²) in [6.07, 6.45) is 8.64. The molecule has 0 atom stereocenters. The molecule has 3 heteroatoms. The topological polar surface area (TPSA) is 15.3 Å². The summed E-state index contributed by atoms with van der Waals surface area (Å²) < 4.78 is 0. The number of hydrogen-bond donors (Lipinski definition) is 2. The average molecular weight is 270 g/mol. The Kier molecular flexibility index (Phi) is 5.01. The zero-order valence-electron chi connectivity index (χ0n) is 12.3. The van der Waals surface area contributed by atoms with Gasteiger partial charge in [-0.15, -0.1) is 0 Å². The Bertz CT molecular complexity index is 251. The van der Waals surface area contributed by atoms with Crippen LogP contribution in [0.5, 0.6) is 0 Å². The van der Waals surface area contributed by atoms with E-state index in [9.17, 15) is 0 Å². The first-order valence-electron chi connectivity index (χ1n) is 7.59. The maximum atomic E-state index is 4.38. The quantitative estimate of drug-likeness (QED) is 0.589. The van der Waals surface area contributed by atoms with Gasteiger partial charge in [-0.3, -0.25) is 4.90 Å². The van der Waals surface area contributed by atoms with Crippen molar-refractivity contribution in [2.75, 3.05) is 19.5 Å². The van der Waals surface area contributed by atoms with Crippen LogP contribution in [0.25, 0.3) is 0 Å². The molecule has 0 radical (unpaired) electrons. The highest BCUT2D eigenvalue weighted by Crippen LogP contribution is 2.54. The number of rotatable bonds is 5. The van der Waals surface area contributed by atoms with Gasteiger partial charge in [-0.05, 0) is 63.5 Å². The van der Waals surface area contributed by atoms with Crippen LogP contribution < -0.4 is 5.32 Å². The second kappa shape index (κ2) is 6.15. The van der Waals surface area contributed by atoms with Crippen molar-refractivity contribution in [2.45, 2.75) is 64.5 Å². The van der Waals surface area contributed by atoms with Crippen molar-refractivity contribution in [3.05, 3.63) is 0 Å². The first-order valence-corrected chi connectivity index (χ1v) is 8.22. The highest BCUT2D eigenvalue weighted by atomic mass is 32.1. The van der Waals surface area contributed by atoms with Crippen LogP contribution in [0.2, 0.25) is 0 Å². The second-order valence-electron chi connectivity index (χ2n) is 6.97. The standard InChI is InChI=1S/C15H30N2S/c1-12(2)16-10-13-8-15(9-13)6-4-14(5-7-15)17(3)11-18/h12-14,16,18H,4-11H2,1-3H3/t13-,14-,15?. The van der Waals surface area contributed by atoms with Crippen LogP contribution in [0.3, 0.4) is 0 Å². The van der Waals surface area contributed by atoms with Crippen LogP contribution in [-0.2, 0) is 0 Å². The van der Waals surface area contributed by atoms with Gasteiger partial charge in [-0.2, -0.15) is 12.6 Å². The van der Waals surface area contributed by atoms with Crippen LogP contribution in [0.1, 0.15) is 52.4 Å². The fourth-order valence-corrected chi connectivity index (χ4v) is 4.12. The molecule has 0 aromatic heterocycles. The number of thiol groups is 1. The lowest BCUT2D eigenvalue weighted by molar-refractivity contribution is -0.00626. The average Bonchev–Trinajstić information content (AvgIpc) is 2.33. The third-order valence-corrected chi connectivity index (χ3v) is 5.57. The van der Waals surface area contributed by atoms with Gasteiger partial charge in [0.1, 0.15) is 0 Å². The molecular formula is C15H30N2S. The Morgan fingerprint density at radius 2 is 1.89 bits per heavy atom. The molecule has 18 heavy (non-hydrogen) atoms. The third-order valence-electron chi connectivity index (χ3n) is 5.12. The molecule has 1 N–H and O–H groups in total. The smallest absolute Gasteiger partial charge is 0.0414 e. The van der Waals surface area contributed by atoms with E-state index in [1.165, 1.54) is 45.1 Å². The molecule has 2 aliphatic rings. The molecular weight excluding hydrogens is 240 g/mol. The molecule has 1 spiro atoms.